The first kappa shape index (κ1) is 28.0. The van der Waals surface area contributed by atoms with Crippen molar-refractivity contribution in [1.29, 1.82) is 0 Å². The summed E-state index contributed by atoms with van der Waals surface area (Å²) in [6.07, 6.45) is -4.65. The molecular formula is C30H27F4N5O2. The molecule has 2 amide bonds. The summed E-state index contributed by atoms with van der Waals surface area (Å²) in [6.45, 7) is 3.71. The van der Waals surface area contributed by atoms with Crippen LogP contribution < -0.4 is 16.0 Å². The summed E-state index contributed by atoms with van der Waals surface area (Å²) in [6, 6.07) is 16.8. The van der Waals surface area contributed by atoms with E-state index in [-0.39, 0.29) is 12.1 Å². The second-order valence-corrected chi connectivity index (χ2v) is 9.80. The number of aromatic nitrogens is 2. The molecule has 7 nitrogen and oxygen atoms in total. The van der Waals surface area contributed by atoms with Crippen molar-refractivity contribution in [2.45, 2.75) is 38.0 Å². The fraction of sp³-hybridized carbons (Fsp3) is 0.233. The van der Waals surface area contributed by atoms with Crippen LogP contribution in [0.3, 0.4) is 0 Å². The number of likely N-dealkylation sites (N-methyl/N-ethyl adjacent to an activating group) is 1. The summed E-state index contributed by atoms with van der Waals surface area (Å²) in [5, 5.41) is 7.46. The average molecular weight is 566 g/mol. The van der Waals surface area contributed by atoms with Crippen LogP contribution in [0.5, 0.6) is 0 Å². The molecule has 3 atom stereocenters. The standard InChI is InChI=1S/C30H27F4N5O2/c1-3-38-28-24(25(17(2)35)37-39(28)22-10-5-4-6-11-22)23(18-12-14-21(31)15-13-18)26(29(38)41)36-27(40)19-8-7-9-20(16-19)30(32,33)34/h4-17,23,26H,3,35H2,1-2H3,(H,36,40)/t17-,23?,26?/m0/s1. The topological polar surface area (TPSA) is 93.2 Å². The van der Waals surface area contributed by atoms with Gasteiger partial charge in [-0.2, -0.15) is 18.3 Å². The van der Waals surface area contributed by atoms with Gasteiger partial charge < -0.3 is 11.1 Å². The molecule has 2 heterocycles. The largest absolute Gasteiger partial charge is 0.416 e. The van der Waals surface area contributed by atoms with E-state index >= 15 is 0 Å². The molecule has 41 heavy (non-hydrogen) atoms. The van der Waals surface area contributed by atoms with Crippen molar-refractivity contribution >= 4 is 17.6 Å². The highest BCUT2D eigenvalue weighted by Crippen LogP contribution is 2.45. The first-order valence-electron chi connectivity index (χ1n) is 13.0. The van der Waals surface area contributed by atoms with Crippen LogP contribution >= 0.6 is 0 Å². The first-order valence-corrected chi connectivity index (χ1v) is 13.0. The number of nitrogens with two attached hydrogens (primary N) is 1. The number of nitrogens with zero attached hydrogens (tertiary/aromatic N) is 3. The van der Waals surface area contributed by atoms with Gasteiger partial charge >= 0.3 is 6.18 Å². The summed E-state index contributed by atoms with van der Waals surface area (Å²) in [5.41, 5.74) is 7.32. The van der Waals surface area contributed by atoms with Crippen molar-refractivity contribution in [3.63, 3.8) is 0 Å². The zero-order chi connectivity index (χ0) is 29.5. The van der Waals surface area contributed by atoms with E-state index in [1.165, 1.54) is 35.2 Å². The summed E-state index contributed by atoms with van der Waals surface area (Å²) < 4.78 is 55.6. The highest BCUT2D eigenvalue weighted by molar-refractivity contribution is 6.05. The molecule has 1 aliphatic heterocycles. The van der Waals surface area contributed by atoms with Gasteiger partial charge in [-0.1, -0.05) is 36.4 Å². The van der Waals surface area contributed by atoms with E-state index in [1.807, 2.05) is 30.3 Å². The van der Waals surface area contributed by atoms with Crippen molar-refractivity contribution < 1.29 is 27.2 Å². The molecule has 1 aromatic heterocycles. The number of nitrogens with one attached hydrogen (secondary N) is 1. The van der Waals surface area contributed by atoms with Crippen molar-refractivity contribution in [3.8, 4) is 5.69 Å². The Morgan fingerprint density at radius 1 is 1.05 bits per heavy atom. The lowest BCUT2D eigenvalue weighted by molar-refractivity contribution is -0.137. The van der Waals surface area contributed by atoms with Gasteiger partial charge in [0.1, 0.15) is 17.7 Å². The number of fused-ring (bicyclic) bond motifs is 1. The highest BCUT2D eigenvalue weighted by Gasteiger charge is 2.46. The van der Waals surface area contributed by atoms with Crippen LogP contribution in [0.2, 0.25) is 0 Å². The molecule has 3 aromatic carbocycles. The molecule has 0 bridgehead atoms. The number of hydrogen-bond acceptors (Lipinski definition) is 4. The monoisotopic (exact) mass is 565 g/mol. The quantitative estimate of drug-likeness (QED) is 0.309. The minimum Gasteiger partial charge on any atom is -0.339 e. The fourth-order valence-electron chi connectivity index (χ4n) is 5.20. The second-order valence-electron chi connectivity index (χ2n) is 9.80. The van der Waals surface area contributed by atoms with Crippen molar-refractivity contribution in [2.24, 2.45) is 5.73 Å². The Morgan fingerprint density at radius 3 is 2.34 bits per heavy atom. The lowest BCUT2D eigenvalue weighted by Crippen LogP contribution is -2.55. The highest BCUT2D eigenvalue weighted by atomic mass is 19.4. The molecule has 0 aliphatic carbocycles. The second kappa shape index (κ2) is 10.8. The SMILES string of the molecule is CCN1C(=O)C(NC(=O)c2cccc(C(F)(F)F)c2)C(c2ccc(F)cc2)c2c([C@H](C)N)nn(-c3ccccc3)c21. The third-order valence-electron chi connectivity index (χ3n) is 7.07. The molecule has 0 radical (unpaired) electrons. The molecule has 0 saturated carbocycles. The van der Waals surface area contributed by atoms with Gasteiger partial charge in [-0.25, -0.2) is 9.07 Å². The Morgan fingerprint density at radius 2 is 1.73 bits per heavy atom. The van der Waals surface area contributed by atoms with Crippen molar-refractivity contribution in [1.82, 2.24) is 15.1 Å². The van der Waals surface area contributed by atoms with Gasteiger partial charge in [-0.05, 0) is 61.9 Å². The van der Waals surface area contributed by atoms with Crippen LogP contribution in [-0.4, -0.2) is 34.2 Å². The maximum Gasteiger partial charge on any atom is 0.416 e. The number of rotatable bonds is 6. The van der Waals surface area contributed by atoms with Gasteiger partial charge in [0.25, 0.3) is 11.8 Å². The minimum absolute atomic E-state index is 0.203. The maximum absolute atomic E-state index is 14.1. The fourth-order valence-corrected chi connectivity index (χ4v) is 5.20. The normalized spacial score (nSPS) is 17.7. The Hall–Kier alpha value is -4.51. The Kier molecular flexibility index (Phi) is 7.39. The molecule has 0 saturated heterocycles. The maximum atomic E-state index is 14.1. The molecule has 5 rings (SSSR count). The van der Waals surface area contributed by atoms with Gasteiger partial charge in [-0.15, -0.1) is 0 Å². The van der Waals surface area contributed by atoms with Gasteiger partial charge in [0.15, 0.2) is 0 Å². The van der Waals surface area contributed by atoms with Crippen LogP contribution in [0.1, 0.15) is 58.5 Å². The van der Waals surface area contributed by atoms with E-state index in [4.69, 9.17) is 10.8 Å². The average Bonchev–Trinajstić information content (AvgIpc) is 3.34. The van der Waals surface area contributed by atoms with E-state index in [0.717, 1.165) is 18.2 Å². The number of benzene rings is 3. The predicted molar refractivity (Wildman–Crippen MR) is 145 cm³/mol. The van der Waals surface area contributed by atoms with Crippen LogP contribution in [0.25, 0.3) is 5.69 Å². The number of anilines is 1. The van der Waals surface area contributed by atoms with Gasteiger partial charge in [0.2, 0.25) is 0 Å². The molecule has 212 valence electrons. The van der Waals surface area contributed by atoms with E-state index in [1.54, 1.807) is 18.5 Å². The number of carbonyl (C=O) groups excluding carboxylic acids is 2. The molecule has 1 aliphatic rings. The lowest BCUT2D eigenvalue weighted by atomic mass is 9.80. The Bertz CT molecular complexity index is 1580. The molecule has 3 N–H and O–H groups in total. The third-order valence-corrected chi connectivity index (χ3v) is 7.07. The zero-order valence-corrected chi connectivity index (χ0v) is 22.2. The number of carbonyl (C=O) groups is 2. The van der Waals surface area contributed by atoms with Crippen LogP contribution in [0.4, 0.5) is 23.4 Å². The van der Waals surface area contributed by atoms with Crippen LogP contribution in [0, 0.1) is 5.82 Å². The smallest absolute Gasteiger partial charge is 0.339 e. The summed E-state index contributed by atoms with van der Waals surface area (Å²) >= 11 is 0. The molecule has 11 heteroatoms. The summed E-state index contributed by atoms with van der Waals surface area (Å²) in [7, 11) is 0. The number of alkyl halides is 3. The summed E-state index contributed by atoms with van der Waals surface area (Å²) in [5.74, 6) is -2.27. The van der Waals surface area contributed by atoms with Gasteiger partial charge in [0.05, 0.1) is 16.9 Å². The van der Waals surface area contributed by atoms with Gasteiger partial charge in [0, 0.05) is 29.6 Å². The Labute approximate surface area is 233 Å². The Balaban J connectivity index is 1.70. The number of para-hydroxylation sites is 1. The molecule has 0 spiro atoms. The van der Waals surface area contributed by atoms with Crippen molar-refractivity contribution in [2.75, 3.05) is 11.4 Å². The predicted octanol–water partition coefficient (Wildman–Crippen LogP) is 5.35. The molecule has 2 unspecified atom stereocenters. The zero-order valence-electron chi connectivity index (χ0n) is 22.2. The molecule has 4 aromatic rings. The third kappa shape index (κ3) is 5.20. The van der Waals surface area contributed by atoms with Gasteiger partial charge in [-0.3, -0.25) is 14.5 Å². The lowest BCUT2D eigenvalue weighted by Gasteiger charge is -2.38. The number of hydrogen-bond donors (Lipinski definition) is 2. The number of halogens is 4. The van der Waals surface area contributed by atoms with E-state index < -0.39 is 47.4 Å². The minimum atomic E-state index is -4.65. The van der Waals surface area contributed by atoms with Crippen molar-refractivity contribution in [3.05, 3.63) is 113 Å². The van der Waals surface area contributed by atoms with E-state index in [2.05, 4.69) is 5.32 Å². The number of amides is 2. The summed E-state index contributed by atoms with van der Waals surface area (Å²) in [4.78, 5) is 28.9. The van der Waals surface area contributed by atoms with E-state index in [0.29, 0.717) is 28.3 Å². The van der Waals surface area contributed by atoms with Crippen LogP contribution in [-0.2, 0) is 11.0 Å². The molecular weight excluding hydrogens is 538 g/mol. The van der Waals surface area contributed by atoms with Crippen LogP contribution in [0.15, 0.2) is 78.9 Å². The van der Waals surface area contributed by atoms with E-state index in [9.17, 15) is 27.2 Å². The molecule has 0 fully saturated rings. The first-order chi connectivity index (χ1) is 19.5.